The molecule has 5 heteroatoms. The van der Waals surface area contributed by atoms with E-state index in [4.69, 9.17) is 4.74 Å². The van der Waals surface area contributed by atoms with Crippen LogP contribution >= 0.6 is 0 Å². The van der Waals surface area contributed by atoms with E-state index in [1.54, 1.807) is 31.7 Å². The Labute approximate surface area is 110 Å². The van der Waals surface area contributed by atoms with Crippen LogP contribution < -0.4 is 10.2 Å². The van der Waals surface area contributed by atoms with Gasteiger partial charge in [-0.05, 0) is 42.0 Å². The second-order valence-electron chi connectivity index (χ2n) is 3.71. The van der Waals surface area contributed by atoms with Crippen LogP contribution in [0.1, 0.15) is 15.9 Å². The van der Waals surface area contributed by atoms with Crippen molar-refractivity contribution in [1.29, 1.82) is 0 Å². The number of nitrogens with one attached hydrogen (secondary N) is 1. The summed E-state index contributed by atoms with van der Waals surface area (Å²) in [6.07, 6.45) is 4.66. The van der Waals surface area contributed by atoms with Crippen LogP contribution in [0.25, 0.3) is 0 Å². The van der Waals surface area contributed by atoms with E-state index in [2.05, 4.69) is 15.5 Å². The number of hydrazone groups is 1. The van der Waals surface area contributed by atoms with Crippen LogP contribution in [0.2, 0.25) is 0 Å². The summed E-state index contributed by atoms with van der Waals surface area (Å²) in [5, 5.41) is 3.88. The molecule has 1 aromatic heterocycles. The lowest BCUT2D eigenvalue weighted by Gasteiger charge is -2.00. The molecule has 0 atom stereocenters. The number of methoxy groups -OCH3 is 1. The van der Waals surface area contributed by atoms with E-state index in [0.29, 0.717) is 5.56 Å². The maximum atomic E-state index is 11.7. The molecular weight excluding hydrogens is 242 g/mol. The number of benzene rings is 1. The molecule has 96 valence electrons. The number of carbonyl (C=O) groups is 1. The third kappa shape index (κ3) is 3.64. The number of aromatic nitrogens is 1. The Kier molecular flexibility index (Phi) is 4.23. The number of nitrogens with zero attached hydrogens (tertiary/aromatic N) is 2. The average molecular weight is 255 g/mol. The minimum absolute atomic E-state index is 0.294. The quantitative estimate of drug-likeness (QED) is 0.670. The van der Waals surface area contributed by atoms with Crippen molar-refractivity contribution in [3.8, 4) is 5.75 Å². The van der Waals surface area contributed by atoms with Crippen LogP contribution in [-0.2, 0) is 0 Å². The molecule has 1 amide bonds. The monoisotopic (exact) mass is 255 g/mol. The van der Waals surface area contributed by atoms with E-state index in [0.717, 1.165) is 11.3 Å². The minimum atomic E-state index is -0.294. The Balaban J connectivity index is 1.94. The maximum Gasteiger partial charge on any atom is 0.272 e. The van der Waals surface area contributed by atoms with Gasteiger partial charge < -0.3 is 4.74 Å². The highest BCUT2D eigenvalue weighted by Crippen LogP contribution is 2.09. The highest BCUT2D eigenvalue weighted by molar-refractivity contribution is 5.94. The number of rotatable bonds is 4. The van der Waals surface area contributed by atoms with Gasteiger partial charge in [-0.2, -0.15) is 5.10 Å². The van der Waals surface area contributed by atoms with Gasteiger partial charge in [0.05, 0.1) is 18.9 Å². The molecule has 0 spiro atoms. The molecule has 1 heterocycles. The molecule has 2 aromatic rings. The van der Waals surface area contributed by atoms with Gasteiger partial charge >= 0.3 is 0 Å². The molecule has 0 fully saturated rings. The first-order chi connectivity index (χ1) is 9.29. The Morgan fingerprint density at radius 2 is 2.11 bits per heavy atom. The zero-order valence-corrected chi connectivity index (χ0v) is 10.4. The van der Waals surface area contributed by atoms with E-state index < -0.39 is 0 Å². The lowest BCUT2D eigenvalue weighted by Crippen LogP contribution is -2.17. The first kappa shape index (κ1) is 12.8. The fraction of sp³-hybridized carbons (Fsp3) is 0.0714. The first-order valence-corrected chi connectivity index (χ1v) is 5.67. The summed E-state index contributed by atoms with van der Waals surface area (Å²) in [5.41, 5.74) is 3.77. The largest absolute Gasteiger partial charge is 0.497 e. The summed E-state index contributed by atoms with van der Waals surface area (Å²) in [7, 11) is 1.61. The molecule has 0 radical (unpaired) electrons. The van der Waals surface area contributed by atoms with Gasteiger partial charge in [-0.3, -0.25) is 9.78 Å². The average Bonchev–Trinajstić information content (AvgIpc) is 2.49. The number of amides is 1. The predicted molar refractivity (Wildman–Crippen MR) is 72.3 cm³/mol. The van der Waals surface area contributed by atoms with Crippen molar-refractivity contribution < 1.29 is 9.53 Å². The fourth-order valence-corrected chi connectivity index (χ4v) is 1.42. The molecule has 1 N–H and O–H groups in total. The van der Waals surface area contributed by atoms with Gasteiger partial charge in [-0.25, -0.2) is 5.43 Å². The lowest BCUT2D eigenvalue weighted by atomic mass is 10.2. The van der Waals surface area contributed by atoms with Gasteiger partial charge in [-0.15, -0.1) is 0 Å². The highest BCUT2D eigenvalue weighted by Gasteiger charge is 2.02. The molecule has 0 aliphatic heterocycles. The molecule has 19 heavy (non-hydrogen) atoms. The van der Waals surface area contributed by atoms with E-state index in [-0.39, 0.29) is 5.91 Å². The van der Waals surface area contributed by atoms with Gasteiger partial charge in [0.2, 0.25) is 0 Å². The molecule has 5 nitrogen and oxygen atoms in total. The third-order valence-electron chi connectivity index (χ3n) is 2.42. The van der Waals surface area contributed by atoms with Gasteiger partial charge in [0.15, 0.2) is 0 Å². The van der Waals surface area contributed by atoms with E-state index >= 15 is 0 Å². The summed E-state index contributed by atoms with van der Waals surface area (Å²) in [6, 6.07) is 10.7. The van der Waals surface area contributed by atoms with Crippen molar-refractivity contribution in [3.05, 3.63) is 59.9 Å². The van der Waals surface area contributed by atoms with Crippen LogP contribution in [0.15, 0.2) is 53.9 Å². The normalized spacial score (nSPS) is 10.4. The maximum absolute atomic E-state index is 11.7. The second kappa shape index (κ2) is 6.30. The van der Waals surface area contributed by atoms with Crippen LogP contribution in [0.3, 0.4) is 0 Å². The summed E-state index contributed by atoms with van der Waals surface area (Å²) < 4.78 is 5.05. The Bertz CT molecular complexity index is 565. The van der Waals surface area contributed by atoms with Gasteiger partial charge in [0.25, 0.3) is 5.91 Å². The minimum Gasteiger partial charge on any atom is -0.497 e. The fourth-order valence-electron chi connectivity index (χ4n) is 1.42. The van der Waals surface area contributed by atoms with Crippen molar-refractivity contribution in [2.24, 2.45) is 5.10 Å². The molecule has 0 unspecified atom stereocenters. The van der Waals surface area contributed by atoms with Crippen LogP contribution in [0, 0.1) is 0 Å². The predicted octanol–water partition coefficient (Wildman–Crippen LogP) is 1.85. The summed E-state index contributed by atoms with van der Waals surface area (Å²) >= 11 is 0. The lowest BCUT2D eigenvalue weighted by molar-refractivity contribution is 0.0955. The number of pyridine rings is 1. The Hall–Kier alpha value is -2.69. The van der Waals surface area contributed by atoms with Crippen LogP contribution in [0.4, 0.5) is 0 Å². The molecule has 2 rings (SSSR count). The van der Waals surface area contributed by atoms with E-state index in [1.165, 1.54) is 6.20 Å². The number of ether oxygens (including phenoxy) is 1. The molecule has 0 aliphatic rings. The Morgan fingerprint density at radius 3 is 2.74 bits per heavy atom. The van der Waals surface area contributed by atoms with E-state index in [1.807, 2.05) is 24.3 Å². The van der Waals surface area contributed by atoms with Gasteiger partial charge in [0, 0.05) is 12.4 Å². The summed E-state index contributed by atoms with van der Waals surface area (Å²) in [6.45, 7) is 0. The van der Waals surface area contributed by atoms with Crippen LogP contribution in [0.5, 0.6) is 5.75 Å². The van der Waals surface area contributed by atoms with Crippen molar-refractivity contribution in [1.82, 2.24) is 10.4 Å². The second-order valence-corrected chi connectivity index (χ2v) is 3.71. The van der Waals surface area contributed by atoms with Crippen LogP contribution in [-0.4, -0.2) is 24.2 Å². The molecular formula is C14H13N3O2. The van der Waals surface area contributed by atoms with Crippen molar-refractivity contribution in [3.63, 3.8) is 0 Å². The van der Waals surface area contributed by atoms with Crippen molar-refractivity contribution in [2.75, 3.05) is 7.11 Å². The first-order valence-electron chi connectivity index (χ1n) is 5.67. The Morgan fingerprint density at radius 1 is 1.32 bits per heavy atom. The number of hydrogen-bond donors (Lipinski definition) is 1. The van der Waals surface area contributed by atoms with Crippen molar-refractivity contribution >= 4 is 12.1 Å². The molecule has 0 bridgehead atoms. The zero-order chi connectivity index (χ0) is 13.5. The molecule has 0 saturated carbocycles. The topological polar surface area (TPSA) is 63.6 Å². The zero-order valence-electron chi connectivity index (χ0n) is 10.4. The summed E-state index contributed by atoms with van der Waals surface area (Å²) in [4.78, 5) is 15.5. The smallest absolute Gasteiger partial charge is 0.272 e. The number of hydrogen-bond acceptors (Lipinski definition) is 4. The van der Waals surface area contributed by atoms with Gasteiger partial charge in [0.1, 0.15) is 5.75 Å². The summed E-state index contributed by atoms with van der Waals surface area (Å²) in [5.74, 6) is 0.481. The standard InChI is InChI=1S/C14H13N3O2/c1-19-13-6-4-11(5-7-13)9-16-17-14(18)12-3-2-8-15-10-12/h2-10H,1H3,(H,17,18). The molecule has 0 saturated heterocycles. The SMILES string of the molecule is COc1ccc(C=NNC(=O)c2cccnc2)cc1. The molecule has 0 aliphatic carbocycles. The van der Waals surface area contributed by atoms with Gasteiger partial charge in [-0.1, -0.05) is 0 Å². The third-order valence-corrected chi connectivity index (χ3v) is 2.42. The van der Waals surface area contributed by atoms with E-state index in [9.17, 15) is 4.79 Å². The molecule has 1 aromatic carbocycles. The number of carbonyl (C=O) groups excluding carboxylic acids is 1. The van der Waals surface area contributed by atoms with Crippen molar-refractivity contribution in [2.45, 2.75) is 0 Å². The highest BCUT2D eigenvalue weighted by atomic mass is 16.5.